The molecule has 29 heavy (non-hydrogen) atoms. The predicted octanol–water partition coefficient (Wildman–Crippen LogP) is 3.24. The van der Waals surface area contributed by atoms with Gasteiger partial charge in [0.2, 0.25) is 18.6 Å². The maximum atomic E-state index is 13.7. The normalized spacial score (nSPS) is 12.0. The fraction of sp³-hybridized carbons (Fsp3) is 0.118. The average Bonchev–Trinajstić information content (AvgIpc) is 3.36. The van der Waals surface area contributed by atoms with E-state index in [9.17, 15) is 19.3 Å². The first-order valence-corrected chi connectivity index (χ1v) is 9.08. The number of hydrogen-bond donors (Lipinski definition) is 1. The molecule has 148 valence electrons. The standard InChI is InChI=1S/C17H11FN4O6S/c18-11-3-2-10(22(24)25)6-12(11)19-15(23)7-29-17-21-20-16(28-17)9-1-4-13-14(5-9)27-8-26-13/h1-6H,7-8H2,(H,19,23). The van der Waals surface area contributed by atoms with Crippen LogP contribution in [0, 0.1) is 15.9 Å². The molecule has 10 nitrogen and oxygen atoms in total. The van der Waals surface area contributed by atoms with Crippen molar-refractivity contribution in [2.75, 3.05) is 17.9 Å². The van der Waals surface area contributed by atoms with Crippen molar-refractivity contribution in [2.24, 2.45) is 0 Å². The summed E-state index contributed by atoms with van der Waals surface area (Å²) in [5.74, 6) is -0.114. The lowest BCUT2D eigenvalue weighted by Gasteiger charge is -2.05. The summed E-state index contributed by atoms with van der Waals surface area (Å²) in [6.07, 6.45) is 0. The van der Waals surface area contributed by atoms with Gasteiger partial charge >= 0.3 is 0 Å². The molecule has 1 aliphatic heterocycles. The number of fused-ring (bicyclic) bond motifs is 1. The largest absolute Gasteiger partial charge is 0.454 e. The number of anilines is 1. The van der Waals surface area contributed by atoms with Gasteiger partial charge < -0.3 is 19.2 Å². The fourth-order valence-electron chi connectivity index (χ4n) is 2.45. The molecule has 0 saturated carbocycles. The number of amides is 1. The maximum Gasteiger partial charge on any atom is 0.277 e. The van der Waals surface area contributed by atoms with E-state index in [0.717, 1.165) is 30.0 Å². The first-order valence-electron chi connectivity index (χ1n) is 8.10. The molecule has 0 atom stereocenters. The van der Waals surface area contributed by atoms with Crippen LogP contribution in [0.15, 0.2) is 46.0 Å². The first-order chi connectivity index (χ1) is 14.0. The van der Waals surface area contributed by atoms with Gasteiger partial charge in [-0.05, 0) is 24.3 Å². The van der Waals surface area contributed by atoms with Crippen LogP contribution >= 0.6 is 11.8 Å². The van der Waals surface area contributed by atoms with Crippen LogP contribution in [0.4, 0.5) is 15.8 Å². The van der Waals surface area contributed by atoms with Crippen LogP contribution in [-0.2, 0) is 4.79 Å². The molecule has 0 spiro atoms. The van der Waals surface area contributed by atoms with Crippen molar-refractivity contribution < 1.29 is 28.0 Å². The Morgan fingerprint density at radius 3 is 2.86 bits per heavy atom. The van der Waals surface area contributed by atoms with Crippen molar-refractivity contribution >= 4 is 29.0 Å². The number of nitrogens with zero attached hydrogens (tertiary/aromatic N) is 3. The van der Waals surface area contributed by atoms with Crippen LogP contribution in [0.25, 0.3) is 11.5 Å². The number of aromatic nitrogens is 2. The van der Waals surface area contributed by atoms with E-state index in [2.05, 4.69) is 15.5 Å². The van der Waals surface area contributed by atoms with Crippen LogP contribution in [0.1, 0.15) is 0 Å². The highest BCUT2D eigenvalue weighted by molar-refractivity contribution is 7.99. The van der Waals surface area contributed by atoms with Gasteiger partial charge in [-0.25, -0.2) is 4.39 Å². The number of nitro groups is 1. The van der Waals surface area contributed by atoms with Crippen LogP contribution in [-0.4, -0.2) is 33.6 Å². The minimum Gasteiger partial charge on any atom is -0.454 e. The second kappa shape index (κ2) is 7.75. The van der Waals surface area contributed by atoms with Gasteiger partial charge in [-0.15, -0.1) is 10.2 Å². The van der Waals surface area contributed by atoms with Gasteiger partial charge in [0.25, 0.3) is 10.9 Å². The number of carbonyl (C=O) groups excluding carboxylic acids is 1. The van der Waals surface area contributed by atoms with Crippen LogP contribution in [0.2, 0.25) is 0 Å². The number of thioether (sulfide) groups is 1. The smallest absolute Gasteiger partial charge is 0.277 e. The average molecular weight is 418 g/mol. The van der Waals surface area contributed by atoms with Crippen molar-refractivity contribution in [1.82, 2.24) is 10.2 Å². The lowest BCUT2D eigenvalue weighted by atomic mass is 10.2. The molecule has 2 heterocycles. The Kier molecular flexibility index (Phi) is 4.99. The third-order valence-electron chi connectivity index (χ3n) is 3.79. The van der Waals surface area contributed by atoms with Crippen molar-refractivity contribution in [1.29, 1.82) is 0 Å². The van der Waals surface area contributed by atoms with Crippen molar-refractivity contribution in [3.05, 3.63) is 52.3 Å². The Morgan fingerprint density at radius 1 is 1.21 bits per heavy atom. The Morgan fingerprint density at radius 2 is 2.03 bits per heavy atom. The quantitative estimate of drug-likeness (QED) is 0.364. The SMILES string of the molecule is O=C(CSc1nnc(-c2ccc3c(c2)OCO3)o1)Nc1cc([N+](=O)[O-])ccc1F. The number of nitrogens with one attached hydrogen (secondary N) is 1. The summed E-state index contributed by atoms with van der Waals surface area (Å²) in [6.45, 7) is 0.143. The molecular formula is C17H11FN4O6S. The molecule has 2 aromatic carbocycles. The van der Waals surface area contributed by atoms with Gasteiger partial charge in [-0.1, -0.05) is 11.8 Å². The van der Waals surface area contributed by atoms with Gasteiger partial charge in [0.05, 0.1) is 16.4 Å². The predicted molar refractivity (Wildman–Crippen MR) is 98.3 cm³/mol. The molecule has 1 aromatic heterocycles. The Balaban J connectivity index is 1.38. The molecular weight excluding hydrogens is 407 g/mol. The highest BCUT2D eigenvalue weighted by atomic mass is 32.2. The maximum absolute atomic E-state index is 13.7. The summed E-state index contributed by atoms with van der Waals surface area (Å²) >= 11 is 0.940. The molecule has 0 fully saturated rings. The summed E-state index contributed by atoms with van der Waals surface area (Å²) in [5, 5.41) is 21.0. The Bertz CT molecular complexity index is 1110. The summed E-state index contributed by atoms with van der Waals surface area (Å²) in [6, 6.07) is 8.01. The molecule has 0 bridgehead atoms. The summed E-state index contributed by atoms with van der Waals surface area (Å²) in [5.41, 5.74) is 0.00715. The molecule has 4 rings (SSSR count). The zero-order valence-corrected chi connectivity index (χ0v) is 15.3. The minimum absolute atomic E-state index is 0.132. The zero-order valence-electron chi connectivity index (χ0n) is 14.5. The van der Waals surface area contributed by atoms with E-state index in [1.807, 2.05) is 0 Å². The zero-order chi connectivity index (χ0) is 20.4. The summed E-state index contributed by atoms with van der Waals surface area (Å²) in [4.78, 5) is 22.1. The number of halogens is 1. The fourth-order valence-corrected chi connectivity index (χ4v) is 3.01. The van der Waals surface area contributed by atoms with Crippen LogP contribution < -0.4 is 14.8 Å². The molecule has 1 aliphatic rings. The number of hydrogen-bond acceptors (Lipinski definition) is 9. The second-order valence-corrected chi connectivity index (χ2v) is 6.63. The highest BCUT2D eigenvalue weighted by Gasteiger charge is 2.18. The van der Waals surface area contributed by atoms with Crippen LogP contribution in [0.3, 0.4) is 0 Å². The lowest BCUT2D eigenvalue weighted by Crippen LogP contribution is -2.15. The molecule has 0 radical (unpaired) electrons. The van der Waals surface area contributed by atoms with E-state index < -0.39 is 16.6 Å². The van der Waals surface area contributed by atoms with E-state index in [0.29, 0.717) is 17.1 Å². The van der Waals surface area contributed by atoms with E-state index >= 15 is 0 Å². The summed E-state index contributed by atoms with van der Waals surface area (Å²) < 4.78 is 29.8. The third kappa shape index (κ3) is 4.11. The molecule has 0 aliphatic carbocycles. The van der Waals surface area contributed by atoms with Crippen molar-refractivity contribution in [3.8, 4) is 23.0 Å². The van der Waals surface area contributed by atoms with Crippen LogP contribution in [0.5, 0.6) is 11.5 Å². The topological polar surface area (TPSA) is 130 Å². The molecule has 1 amide bonds. The monoisotopic (exact) mass is 418 g/mol. The van der Waals surface area contributed by atoms with Gasteiger partial charge in [0, 0.05) is 17.7 Å². The number of ether oxygens (including phenoxy) is 2. The molecule has 0 saturated heterocycles. The number of nitro benzene ring substituents is 1. The minimum atomic E-state index is -0.781. The van der Waals surface area contributed by atoms with E-state index in [-0.39, 0.29) is 35.0 Å². The van der Waals surface area contributed by atoms with Crippen molar-refractivity contribution in [3.63, 3.8) is 0 Å². The van der Waals surface area contributed by atoms with Gasteiger partial charge in [-0.3, -0.25) is 14.9 Å². The van der Waals surface area contributed by atoms with Gasteiger partial charge in [0.15, 0.2) is 11.5 Å². The number of carbonyl (C=O) groups is 1. The van der Waals surface area contributed by atoms with E-state index in [1.165, 1.54) is 0 Å². The second-order valence-electron chi connectivity index (χ2n) is 5.70. The van der Waals surface area contributed by atoms with E-state index in [1.54, 1.807) is 18.2 Å². The number of non-ortho nitro benzene ring substituents is 1. The molecule has 3 aromatic rings. The Hall–Kier alpha value is -3.67. The third-order valence-corrected chi connectivity index (χ3v) is 4.61. The number of benzene rings is 2. The molecule has 0 unspecified atom stereocenters. The highest BCUT2D eigenvalue weighted by Crippen LogP contribution is 2.36. The van der Waals surface area contributed by atoms with E-state index in [4.69, 9.17) is 13.9 Å². The molecule has 12 heteroatoms. The Labute approximate surface area is 166 Å². The molecule has 1 N–H and O–H groups in total. The number of rotatable bonds is 6. The first kappa shape index (κ1) is 18.7. The summed E-state index contributed by atoms with van der Waals surface area (Å²) in [7, 11) is 0. The van der Waals surface area contributed by atoms with Crippen molar-refractivity contribution in [2.45, 2.75) is 5.22 Å². The van der Waals surface area contributed by atoms with Gasteiger partial charge in [-0.2, -0.15) is 0 Å². The lowest BCUT2D eigenvalue weighted by molar-refractivity contribution is -0.384. The van der Waals surface area contributed by atoms with Gasteiger partial charge in [0.1, 0.15) is 5.82 Å².